The maximum absolute atomic E-state index is 11.6. The van der Waals surface area contributed by atoms with Gasteiger partial charge in [0.2, 0.25) is 0 Å². The Balaban J connectivity index is 1.83. The number of H-pyrrole nitrogens is 2. The molecule has 0 unspecified atom stereocenters. The first-order valence-electron chi connectivity index (χ1n) is 6.38. The summed E-state index contributed by atoms with van der Waals surface area (Å²) in [4.78, 5) is 19.3. The molecule has 1 fully saturated rings. The minimum atomic E-state index is -0.474. The minimum Gasteiger partial charge on any atom is -0.396 e. The molecule has 0 aliphatic carbocycles. The number of hydrogen-bond acceptors (Lipinski definition) is 4. The first-order valence-corrected chi connectivity index (χ1v) is 6.38. The van der Waals surface area contributed by atoms with Crippen molar-refractivity contribution in [2.75, 3.05) is 19.7 Å². The number of likely N-dealkylation sites (tertiary alicyclic amines) is 1. The second-order valence-electron chi connectivity index (χ2n) is 5.11. The number of aliphatic hydroxyl groups excluding tert-OH is 2. The van der Waals surface area contributed by atoms with E-state index >= 15 is 0 Å². The van der Waals surface area contributed by atoms with Gasteiger partial charge in [-0.05, 0) is 11.6 Å². The molecule has 3 rings (SSSR count). The predicted molar refractivity (Wildman–Crippen MR) is 70.8 cm³/mol. The summed E-state index contributed by atoms with van der Waals surface area (Å²) in [7, 11) is 0. The minimum absolute atomic E-state index is 0.00518. The highest BCUT2D eigenvalue weighted by Gasteiger charge is 2.30. The predicted octanol–water partition coefficient (Wildman–Crippen LogP) is -0.359. The molecule has 1 saturated heterocycles. The number of β-amino-alcohol motifs (C(OH)–C–C–N with tert-alkyl or cyclic N) is 1. The molecule has 6 heteroatoms. The topological polar surface area (TPSA) is 92.3 Å². The van der Waals surface area contributed by atoms with Gasteiger partial charge in [0.05, 0.1) is 6.10 Å². The van der Waals surface area contributed by atoms with Crippen LogP contribution in [0.15, 0.2) is 23.3 Å². The van der Waals surface area contributed by atoms with Gasteiger partial charge in [0.1, 0.15) is 5.52 Å². The number of hydrogen-bond donors (Lipinski definition) is 4. The monoisotopic (exact) mass is 263 g/mol. The van der Waals surface area contributed by atoms with Crippen LogP contribution in [0.1, 0.15) is 5.56 Å². The van der Waals surface area contributed by atoms with Crippen molar-refractivity contribution in [2.45, 2.75) is 12.6 Å². The number of pyridine rings is 1. The van der Waals surface area contributed by atoms with Crippen molar-refractivity contribution in [1.82, 2.24) is 14.9 Å². The smallest absolute Gasteiger partial charge is 0.272 e. The number of rotatable bonds is 3. The van der Waals surface area contributed by atoms with Crippen molar-refractivity contribution in [3.8, 4) is 0 Å². The molecular formula is C13H17N3O3. The van der Waals surface area contributed by atoms with Crippen LogP contribution < -0.4 is 5.56 Å². The Bertz CT molecular complexity index is 633. The van der Waals surface area contributed by atoms with Crippen LogP contribution in [-0.2, 0) is 6.54 Å². The third-order valence-corrected chi connectivity index (χ3v) is 3.81. The van der Waals surface area contributed by atoms with Crippen molar-refractivity contribution in [2.24, 2.45) is 5.92 Å². The summed E-state index contributed by atoms with van der Waals surface area (Å²) in [6.45, 7) is 1.90. The van der Waals surface area contributed by atoms with Gasteiger partial charge in [-0.1, -0.05) is 0 Å². The molecule has 6 nitrogen and oxygen atoms in total. The summed E-state index contributed by atoms with van der Waals surface area (Å²) in [6, 6.07) is 1.87. The molecule has 0 bridgehead atoms. The molecule has 1 aliphatic rings. The summed E-state index contributed by atoms with van der Waals surface area (Å²) < 4.78 is 0. The van der Waals surface area contributed by atoms with E-state index < -0.39 is 6.10 Å². The zero-order chi connectivity index (χ0) is 13.4. The largest absolute Gasteiger partial charge is 0.396 e. The molecule has 3 heterocycles. The van der Waals surface area contributed by atoms with Crippen molar-refractivity contribution in [3.63, 3.8) is 0 Å². The van der Waals surface area contributed by atoms with Crippen LogP contribution in [0.2, 0.25) is 0 Å². The Morgan fingerprint density at radius 3 is 2.95 bits per heavy atom. The highest BCUT2D eigenvalue weighted by atomic mass is 16.3. The van der Waals surface area contributed by atoms with E-state index in [1.54, 1.807) is 6.20 Å². The first kappa shape index (κ1) is 12.4. The molecule has 19 heavy (non-hydrogen) atoms. The average molecular weight is 263 g/mol. The van der Waals surface area contributed by atoms with Gasteiger partial charge in [0.15, 0.2) is 0 Å². The Morgan fingerprint density at radius 2 is 2.21 bits per heavy atom. The molecular weight excluding hydrogens is 246 g/mol. The highest BCUT2D eigenvalue weighted by molar-refractivity contribution is 5.81. The van der Waals surface area contributed by atoms with Gasteiger partial charge in [-0.3, -0.25) is 9.69 Å². The number of aromatic nitrogens is 2. The number of fused-ring (bicyclic) bond motifs is 1. The van der Waals surface area contributed by atoms with Gasteiger partial charge in [-0.15, -0.1) is 0 Å². The van der Waals surface area contributed by atoms with Crippen LogP contribution in [-0.4, -0.2) is 50.9 Å². The van der Waals surface area contributed by atoms with Crippen LogP contribution >= 0.6 is 0 Å². The third kappa shape index (κ3) is 2.18. The fourth-order valence-corrected chi connectivity index (χ4v) is 2.75. The van der Waals surface area contributed by atoms with Crippen molar-refractivity contribution in [1.29, 1.82) is 0 Å². The first-order chi connectivity index (χ1) is 9.19. The van der Waals surface area contributed by atoms with Gasteiger partial charge in [-0.25, -0.2) is 0 Å². The van der Waals surface area contributed by atoms with Gasteiger partial charge < -0.3 is 20.2 Å². The highest BCUT2D eigenvalue weighted by Crippen LogP contribution is 2.22. The molecule has 0 radical (unpaired) electrons. The number of aromatic amines is 2. The molecule has 2 aromatic rings. The Hall–Kier alpha value is -1.63. The Kier molecular flexibility index (Phi) is 3.14. The summed E-state index contributed by atoms with van der Waals surface area (Å²) in [5, 5.41) is 19.8. The molecule has 0 saturated carbocycles. The SMILES string of the molecule is O=c1[nH]ccc2c(CN3C[C@H](CO)[C@@H](O)C3)c[nH]c12. The number of nitrogens with one attached hydrogen (secondary N) is 2. The third-order valence-electron chi connectivity index (χ3n) is 3.81. The van der Waals surface area contributed by atoms with E-state index in [0.29, 0.717) is 25.2 Å². The van der Waals surface area contributed by atoms with E-state index in [1.807, 2.05) is 12.3 Å². The molecule has 0 spiro atoms. The van der Waals surface area contributed by atoms with Crippen LogP contribution in [0.25, 0.3) is 10.9 Å². The fourth-order valence-electron chi connectivity index (χ4n) is 2.75. The van der Waals surface area contributed by atoms with Crippen molar-refractivity contribution >= 4 is 10.9 Å². The molecule has 2 atom stereocenters. The zero-order valence-corrected chi connectivity index (χ0v) is 10.5. The Morgan fingerprint density at radius 1 is 1.37 bits per heavy atom. The maximum atomic E-state index is 11.6. The normalized spacial score (nSPS) is 24.3. The lowest BCUT2D eigenvalue weighted by Crippen LogP contribution is -2.21. The quantitative estimate of drug-likeness (QED) is 0.608. The van der Waals surface area contributed by atoms with E-state index in [1.165, 1.54) is 0 Å². The summed E-state index contributed by atoms with van der Waals surface area (Å²) in [6.07, 6.45) is 2.99. The van der Waals surface area contributed by atoms with Crippen LogP contribution in [0, 0.1) is 5.92 Å². The molecule has 4 N–H and O–H groups in total. The molecule has 102 valence electrons. The van der Waals surface area contributed by atoms with E-state index in [0.717, 1.165) is 10.9 Å². The van der Waals surface area contributed by atoms with E-state index in [2.05, 4.69) is 14.9 Å². The lowest BCUT2D eigenvalue weighted by Gasteiger charge is -2.14. The molecule has 0 amide bonds. The van der Waals surface area contributed by atoms with Gasteiger partial charge in [0, 0.05) is 49.9 Å². The second-order valence-corrected chi connectivity index (χ2v) is 5.11. The molecule has 2 aromatic heterocycles. The van der Waals surface area contributed by atoms with Gasteiger partial charge in [-0.2, -0.15) is 0 Å². The van der Waals surface area contributed by atoms with Crippen molar-refractivity contribution < 1.29 is 10.2 Å². The van der Waals surface area contributed by atoms with E-state index in [4.69, 9.17) is 5.11 Å². The standard InChI is InChI=1S/C13H17N3O3/c17-7-9-5-16(6-11(9)18)4-8-3-15-12-10(8)1-2-14-13(12)19/h1-3,9,11,15,17-18H,4-7H2,(H,14,19)/t9-,11+/m1/s1. The molecule has 1 aliphatic heterocycles. The zero-order valence-electron chi connectivity index (χ0n) is 10.5. The lowest BCUT2D eigenvalue weighted by molar-refractivity contribution is 0.103. The van der Waals surface area contributed by atoms with Crippen LogP contribution in [0.4, 0.5) is 0 Å². The summed E-state index contributed by atoms with van der Waals surface area (Å²) in [5.41, 5.74) is 1.49. The Labute approximate surface area is 109 Å². The lowest BCUT2D eigenvalue weighted by atomic mass is 10.1. The average Bonchev–Trinajstić information content (AvgIpc) is 2.95. The van der Waals surface area contributed by atoms with Crippen LogP contribution in [0.3, 0.4) is 0 Å². The van der Waals surface area contributed by atoms with Crippen molar-refractivity contribution in [3.05, 3.63) is 34.4 Å². The number of aliphatic hydroxyl groups is 2. The maximum Gasteiger partial charge on any atom is 0.272 e. The van der Waals surface area contributed by atoms with Gasteiger partial charge in [0.25, 0.3) is 5.56 Å². The summed E-state index contributed by atoms with van der Waals surface area (Å²) >= 11 is 0. The second kappa shape index (κ2) is 4.80. The van der Waals surface area contributed by atoms with E-state index in [9.17, 15) is 9.90 Å². The fraction of sp³-hybridized carbons (Fsp3) is 0.462. The van der Waals surface area contributed by atoms with Crippen LogP contribution in [0.5, 0.6) is 0 Å². The number of nitrogens with zero attached hydrogens (tertiary/aromatic N) is 1. The molecule has 0 aromatic carbocycles. The summed E-state index contributed by atoms with van der Waals surface area (Å²) in [5.74, 6) is -0.0754. The van der Waals surface area contributed by atoms with E-state index in [-0.39, 0.29) is 18.1 Å². The van der Waals surface area contributed by atoms with Gasteiger partial charge >= 0.3 is 0 Å².